The standard InChI is InChI=1S/C13H9F4N/c14-8-5-6-12(18)10(7-8)9-3-1-2-4-11(9)13(15,16)17/h1-7H,18H2. The van der Waals surface area contributed by atoms with E-state index in [2.05, 4.69) is 0 Å². The smallest absolute Gasteiger partial charge is 0.398 e. The van der Waals surface area contributed by atoms with Gasteiger partial charge in [-0.25, -0.2) is 4.39 Å². The summed E-state index contributed by atoms with van der Waals surface area (Å²) in [6.07, 6.45) is -4.50. The van der Waals surface area contributed by atoms with Crippen molar-refractivity contribution in [3.63, 3.8) is 0 Å². The van der Waals surface area contributed by atoms with E-state index in [1.165, 1.54) is 24.3 Å². The van der Waals surface area contributed by atoms with Gasteiger partial charge < -0.3 is 5.73 Å². The second-order valence-electron chi connectivity index (χ2n) is 3.77. The van der Waals surface area contributed by atoms with E-state index < -0.39 is 17.6 Å². The van der Waals surface area contributed by atoms with E-state index in [9.17, 15) is 17.6 Å². The maximum Gasteiger partial charge on any atom is 0.417 e. The van der Waals surface area contributed by atoms with Crippen molar-refractivity contribution < 1.29 is 17.6 Å². The number of hydrogen-bond acceptors (Lipinski definition) is 1. The highest BCUT2D eigenvalue weighted by molar-refractivity contribution is 5.78. The van der Waals surface area contributed by atoms with Crippen LogP contribution in [0.2, 0.25) is 0 Å². The molecule has 0 atom stereocenters. The lowest BCUT2D eigenvalue weighted by Gasteiger charge is -2.14. The summed E-state index contributed by atoms with van der Waals surface area (Å²) in [5.74, 6) is -0.629. The quantitative estimate of drug-likeness (QED) is 0.602. The lowest BCUT2D eigenvalue weighted by atomic mass is 9.98. The van der Waals surface area contributed by atoms with Crippen molar-refractivity contribution >= 4 is 5.69 Å². The number of nitrogen functional groups attached to an aromatic ring is 1. The van der Waals surface area contributed by atoms with E-state index in [4.69, 9.17) is 5.73 Å². The lowest BCUT2D eigenvalue weighted by Crippen LogP contribution is -2.07. The van der Waals surface area contributed by atoms with Crippen molar-refractivity contribution in [3.8, 4) is 11.1 Å². The fraction of sp³-hybridized carbons (Fsp3) is 0.0769. The van der Waals surface area contributed by atoms with Crippen LogP contribution in [0.25, 0.3) is 11.1 Å². The molecule has 0 aliphatic rings. The Morgan fingerprint density at radius 2 is 1.56 bits per heavy atom. The van der Waals surface area contributed by atoms with Gasteiger partial charge in [0.1, 0.15) is 5.82 Å². The molecule has 0 saturated heterocycles. The summed E-state index contributed by atoms with van der Waals surface area (Å²) in [6.45, 7) is 0. The fourth-order valence-electron chi connectivity index (χ4n) is 1.73. The van der Waals surface area contributed by atoms with Gasteiger partial charge in [-0.1, -0.05) is 18.2 Å². The zero-order chi connectivity index (χ0) is 13.3. The van der Waals surface area contributed by atoms with Crippen LogP contribution in [0.15, 0.2) is 42.5 Å². The van der Waals surface area contributed by atoms with E-state index in [0.717, 1.165) is 18.2 Å². The Kier molecular flexibility index (Phi) is 2.98. The summed E-state index contributed by atoms with van der Waals surface area (Å²) in [7, 11) is 0. The van der Waals surface area contributed by atoms with E-state index in [1.807, 2.05) is 0 Å². The molecule has 0 bridgehead atoms. The zero-order valence-electron chi connectivity index (χ0n) is 9.13. The minimum atomic E-state index is -4.50. The van der Waals surface area contributed by atoms with Crippen LogP contribution in [-0.2, 0) is 6.18 Å². The van der Waals surface area contributed by atoms with Crippen LogP contribution in [-0.4, -0.2) is 0 Å². The van der Waals surface area contributed by atoms with Crippen molar-refractivity contribution in [2.45, 2.75) is 6.18 Å². The predicted molar refractivity (Wildman–Crippen MR) is 61.3 cm³/mol. The maximum absolute atomic E-state index is 13.1. The number of rotatable bonds is 1. The van der Waals surface area contributed by atoms with Crippen LogP contribution in [0, 0.1) is 5.82 Å². The molecule has 2 rings (SSSR count). The van der Waals surface area contributed by atoms with Crippen molar-refractivity contribution in [1.82, 2.24) is 0 Å². The Balaban J connectivity index is 2.68. The number of halogens is 4. The molecule has 0 radical (unpaired) electrons. The monoisotopic (exact) mass is 255 g/mol. The zero-order valence-corrected chi connectivity index (χ0v) is 9.13. The Hall–Kier alpha value is -2.04. The third-order valence-electron chi connectivity index (χ3n) is 2.54. The van der Waals surface area contributed by atoms with E-state index in [1.54, 1.807) is 0 Å². The number of nitrogens with two attached hydrogens (primary N) is 1. The van der Waals surface area contributed by atoms with Crippen LogP contribution in [0.5, 0.6) is 0 Å². The summed E-state index contributed by atoms with van der Waals surface area (Å²) in [6, 6.07) is 8.30. The van der Waals surface area contributed by atoms with E-state index in [-0.39, 0.29) is 16.8 Å². The molecule has 0 amide bonds. The first-order valence-electron chi connectivity index (χ1n) is 5.11. The third-order valence-corrected chi connectivity index (χ3v) is 2.54. The van der Waals surface area contributed by atoms with E-state index in [0.29, 0.717) is 0 Å². The molecule has 2 aromatic rings. The summed E-state index contributed by atoms with van der Waals surface area (Å²) in [5.41, 5.74) is 4.79. The molecule has 94 valence electrons. The van der Waals surface area contributed by atoms with Gasteiger partial charge in [0.15, 0.2) is 0 Å². The highest BCUT2D eigenvalue weighted by atomic mass is 19.4. The second-order valence-corrected chi connectivity index (χ2v) is 3.77. The van der Waals surface area contributed by atoms with Crippen molar-refractivity contribution in [2.75, 3.05) is 5.73 Å². The van der Waals surface area contributed by atoms with Crippen LogP contribution in [0.4, 0.5) is 23.2 Å². The van der Waals surface area contributed by atoms with Gasteiger partial charge in [0.25, 0.3) is 0 Å². The first kappa shape index (κ1) is 12.4. The van der Waals surface area contributed by atoms with Crippen molar-refractivity contribution in [1.29, 1.82) is 0 Å². The molecular formula is C13H9F4N. The molecule has 0 spiro atoms. The Morgan fingerprint density at radius 1 is 0.889 bits per heavy atom. The molecule has 0 heterocycles. The average Bonchev–Trinajstić information content (AvgIpc) is 2.31. The van der Waals surface area contributed by atoms with Gasteiger partial charge in [-0.15, -0.1) is 0 Å². The molecule has 0 aliphatic heterocycles. The molecule has 0 saturated carbocycles. The minimum Gasteiger partial charge on any atom is -0.398 e. The number of alkyl halides is 3. The molecule has 0 aliphatic carbocycles. The second kappa shape index (κ2) is 4.33. The molecule has 18 heavy (non-hydrogen) atoms. The van der Waals surface area contributed by atoms with Gasteiger partial charge in [0.05, 0.1) is 5.56 Å². The predicted octanol–water partition coefficient (Wildman–Crippen LogP) is 4.09. The van der Waals surface area contributed by atoms with Gasteiger partial charge in [0, 0.05) is 11.3 Å². The average molecular weight is 255 g/mol. The van der Waals surface area contributed by atoms with Gasteiger partial charge in [-0.2, -0.15) is 13.2 Å². The third kappa shape index (κ3) is 2.30. The maximum atomic E-state index is 13.1. The molecule has 2 aromatic carbocycles. The molecule has 0 unspecified atom stereocenters. The largest absolute Gasteiger partial charge is 0.417 e. The Bertz CT molecular complexity index is 575. The lowest BCUT2D eigenvalue weighted by molar-refractivity contribution is -0.137. The number of anilines is 1. The molecule has 0 fully saturated rings. The minimum absolute atomic E-state index is 0.0444. The van der Waals surface area contributed by atoms with Crippen molar-refractivity contribution in [3.05, 3.63) is 53.8 Å². The first-order chi connectivity index (χ1) is 8.39. The molecule has 2 N–H and O–H groups in total. The Morgan fingerprint density at radius 3 is 2.22 bits per heavy atom. The van der Waals surface area contributed by atoms with Crippen LogP contribution in [0.3, 0.4) is 0 Å². The number of benzene rings is 2. The van der Waals surface area contributed by atoms with Crippen LogP contribution < -0.4 is 5.73 Å². The highest BCUT2D eigenvalue weighted by Crippen LogP contribution is 2.38. The first-order valence-corrected chi connectivity index (χ1v) is 5.11. The number of hydrogen-bond donors (Lipinski definition) is 1. The van der Waals surface area contributed by atoms with Gasteiger partial charge in [-0.3, -0.25) is 0 Å². The van der Waals surface area contributed by atoms with Gasteiger partial charge in [0.2, 0.25) is 0 Å². The molecule has 0 aromatic heterocycles. The van der Waals surface area contributed by atoms with Gasteiger partial charge >= 0.3 is 6.18 Å². The Labute approximate surface area is 101 Å². The van der Waals surface area contributed by atoms with Crippen LogP contribution in [0.1, 0.15) is 5.56 Å². The van der Waals surface area contributed by atoms with Crippen LogP contribution >= 0.6 is 0 Å². The SMILES string of the molecule is Nc1ccc(F)cc1-c1ccccc1C(F)(F)F. The highest BCUT2D eigenvalue weighted by Gasteiger charge is 2.33. The fourth-order valence-corrected chi connectivity index (χ4v) is 1.73. The van der Waals surface area contributed by atoms with E-state index >= 15 is 0 Å². The van der Waals surface area contributed by atoms with Crippen molar-refractivity contribution in [2.24, 2.45) is 0 Å². The summed E-state index contributed by atoms with van der Waals surface area (Å²) < 4.78 is 51.6. The summed E-state index contributed by atoms with van der Waals surface area (Å²) >= 11 is 0. The van der Waals surface area contributed by atoms with Gasteiger partial charge in [-0.05, 0) is 29.8 Å². The summed E-state index contributed by atoms with van der Waals surface area (Å²) in [4.78, 5) is 0. The molecule has 5 heteroatoms. The summed E-state index contributed by atoms with van der Waals surface area (Å²) in [5, 5.41) is 0. The topological polar surface area (TPSA) is 26.0 Å². The normalized spacial score (nSPS) is 11.6. The molecular weight excluding hydrogens is 246 g/mol. The molecule has 1 nitrogen and oxygen atoms in total.